The molecule has 2 fully saturated rings. The topological polar surface area (TPSA) is 40.5 Å². The third-order valence-corrected chi connectivity index (χ3v) is 5.00. The van der Waals surface area contributed by atoms with Crippen molar-refractivity contribution in [1.82, 2.24) is 4.90 Å². The quantitative estimate of drug-likeness (QED) is 0.910. The summed E-state index contributed by atoms with van der Waals surface area (Å²) < 4.78 is 13.4. The van der Waals surface area contributed by atoms with Crippen LogP contribution in [0.15, 0.2) is 18.2 Å². The first-order valence-electron chi connectivity index (χ1n) is 7.73. The van der Waals surface area contributed by atoms with Gasteiger partial charge in [-0.1, -0.05) is 12.1 Å². The molecule has 0 radical (unpaired) electrons. The molecule has 0 spiro atoms. The Labute approximate surface area is 124 Å². The third kappa shape index (κ3) is 2.57. The maximum absolute atomic E-state index is 13.4. The van der Waals surface area contributed by atoms with Crippen LogP contribution in [-0.2, 0) is 4.79 Å². The number of carbonyl (C=O) groups excluding carboxylic acids is 1. The van der Waals surface area contributed by atoms with Crippen molar-refractivity contribution in [2.75, 3.05) is 0 Å². The van der Waals surface area contributed by atoms with Gasteiger partial charge in [0.25, 0.3) is 5.91 Å². The molecule has 0 aromatic heterocycles. The molecule has 2 bridgehead atoms. The maximum atomic E-state index is 13.4. The fourth-order valence-electron chi connectivity index (χ4n) is 3.95. The highest BCUT2D eigenvalue weighted by Gasteiger charge is 2.44. The van der Waals surface area contributed by atoms with E-state index in [9.17, 15) is 14.3 Å². The van der Waals surface area contributed by atoms with Gasteiger partial charge < -0.3 is 10.0 Å². The van der Waals surface area contributed by atoms with E-state index >= 15 is 0 Å². The van der Waals surface area contributed by atoms with E-state index in [4.69, 9.17) is 0 Å². The average Bonchev–Trinajstić information content (AvgIpc) is 2.70. The zero-order valence-corrected chi connectivity index (χ0v) is 12.6. The van der Waals surface area contributed by atoms with Crippen LogP contribution in [0.4, 0.5) is 4.39 Å². The normalized spacial score (nSPS) is 29.5. The van der Waals surface area contributed by atoms with Gasteiger partial charge in [0.1, 0.15) is 11.9 Å². The largest absolute Gasteiger partial charge is 0.384 e. The Balaban J connectivity index is 1.79. The van der Waals surface area contributed by atoms with Crippen LogP contribution in [0, 0.1) is 12.7 Å². The zero-order valence-electron chi connectivity index (χ0n) is 12.6. The zero-order chi connectivity index (χ0) is 15.1. The summed E-state index contributed by atoms with van der Waals surface area (Å²) in [4.78, 5) is 14.0. The standard InChI is InChI=1S/C17H22FNO2/c1-10-7-12(3-6-16(10)18)13-8-14-4-5-15(9-13)19(14)17(21)11(2)20/h3,6-7,11,13-15,20H,4-5,8-9H2,1-2H3/t11-,13?,14-,15+/m0/s1. The van der Waals surface area contributed by atoms with E-state index in [0.29, 0.717) is 11.5 Å². The minimum atomic E-state index is -0.919. The summed E-state index contributed by atoms with van der Waals surface area (Å²) in [5.41, 5.74) is 1.86. The lowest BCUT2D eigenvalue weighted by atomic mass is 9.84. The van der Waals surface area contributed by atoms with E-state index < -0.39 is 6.10 Å². The van der Waals surface area contributed by atoms with Gasteiger partial charge in [-0.3, -0.25) is 4.79 Å². The molecule has 3 rings (SSSR count). The Morgan fingerprint density at radius 3 is 2.48 bits per heavy atom. The minimum absolute atomic E-state index is 0.142. The van der Waals surface area contributed by atoms with Gasteiger partial charge in [-0.15, -0.1) is 0 Å². The summed E-state index contributed by atoms with van der Waals surface area (Å²) in [6, 6.07) is 5.80. The van der Waals surface area contributed by atoms with E-state index in [-0.39, 0.29) is 23.8 Å². The van der Waals surface area contributed by atoms with Gasteiger partial charge in [-0.25, -0.2) is 4.39 Å². The maximum Gasteiger partial charge on any atom is 0.251 e. The molecule has 2 aliphatic rings. The van der Waals surface area contributed by atoms with Crippen molar-refractivity contribution < 1.29 is 14.3 Å². The molecule has 1 aromatic carbocycles. The molecule has 114 valence electrons. The van der Waals surface area contributed by atoms with E-state index in [0.717, 1.165) is 25.7 Å². The van der Waals surface area contributed by atoms with Crippen LogP contribution in [0.2, 0.25) is 0 Å². The lowest BCUT2D eigenvalue weighted by Crippen LogP contribution is -2.49. The third-order valence-electron chi connectivity index (χ3n) is 5.00. The van der Waals surface area contributed by atoms with Crippen molar-refractivity contribution in [2.24, 2.45) is 0 Å². The molecule has 4 heteroatoms. The summed E-state index contributed by atoms with van der Waals surface area (Å²) >= 11 is 0. The second-order valence-electron chi connectivity index (χ2n) is 6.48. The first-order valence-corrected chi connectivity index (χ1v) is 7.73. The van der Waals surface area contributed by atoms with Crippen LogP contribution < -0.4 is 0 Å². The molecule has 2 heterocycles. The van der Waals surface area contributed by atoms with Crippen molar-refractivity contribution in [3.05, 3.63) is 35.1 Å². The number of amides is 1. The molecular formula is C17H22FNO2. The fraction of sp³-hybridized carbons (Fsp3) is 0.588. The number of halogens is 1. The second kappa shape index (κ2) is 5.41. The van der Waals surface area contributed by atoms with Crippen LogP contribution >= 0.6 is 0 Å². The van der Waals surface area contributed by atoms with Crippen molar-refractivity contribution in [2.45, 2.75) is 63.6 Å². The van der Waals surface area contributed by atoms with E-state index in [2.05, 4.69) is 0 Å². The predicted octanol–water partition coefficient (Wildman–Crippen LogP) is 2.75. The van der Waals surface area contributed by atoms with Crippen molar-refractivity contribution in [3.63, 3.8) is 0 Å². The number of hydrogen-bond acceptors (Lipinski definition) is 2. The number of fused-ring (bicyclic) bond motifs is 2. The molecule has 1 unspecified atom stereocenters. The molecule has 1 aromatic rings. The molecular weight excluding hydrogens is 269 g/mol. The number of rotatable bonds is 2. The molecule has 0 saturated carbocycles. The van der Waals surface area contributed by atoms with Gasteiger partial charge in [0.05, 0.1) is 0 Å². The Morgan fingerprint density at radius 2 is 1.95 bits per heavy atom. The van der Waals surface area contributed by atoms with Gasteiger partial charge in [-0.05, 0) is 62.6 Å². The Bertz CT molecular complexity index is 544. The lowest BCUT2D eigenvalue weighted by Gasteiger charge is -2.40. The molecule has 3 nitrogen and oxygen atoms in total. The highest BCUT2D eigenvalue weighted by atomic mass is 19.1. The summed E-state index contributed by atoms with van der Waals surface area (Å²) in [5, 5.41) is 9.55. The number of piperidine rings is 1. The number of carbonyl (C=O) groups is 1. The summed E-state index contributed by atoms with van der Waals surface area (Å²) in [7, 11) is 0. The summed E-state index contributed by atoms with van der Waals surface area (Å²) in [6.07, 6.45) is 2.94. The predicted molar refractivity (Wildman–Crippen MR) is 78.4 cm³/mol. The van der Waals surface area contributed by atoms with Gasteiger partial charge in [-0.2, -0.15) is 0 Å². The Kier molecular flexibility index (Phi) is 3.74. The molecule has 4 atom stereocenters. The van der Waals surface area contributed by atoms with Crippen molar-refractivity contribution >= 4 is 5.91 Å². The Hall–Kier alpha value is -1.42. The molecule has 0 aliphatic carbocycles. The minimum Gasteiger partial charge on any atom is -0.384 e. The van der Waals surface area contributed by atoms with Crippen LogP contribution in [0.1, 0.15) is 49.7 Å². The molecule has 1 amide bonds. The molecule has 21 heavy (non-hydrogen) atoms. The highest BCUT2D eigenvalue weighted by molar-refractivity contribution is 5.81. The summed E-state index contributed by atoms with van der Waals surface area (Å²) in [6.45, 7) is 3.33. The van der Waals surface area contributed by atoms with E-state index in [1.807, 2.05) is 17.0 Å². The molecule has 2 saturated heterocycles. The Morgan fingerprint density at radius 1 is 1.33 bits per heavy atom. The number of aliphatic hydroxyl groups excluding tert-OH is 1. The highest BCUT2D eigenvalue weighted by Crippen LogP contribution is 2.43. The average molecular weight is 291 g/mol. The smallest absolute Gasteiger partial charge is 0.251 e. The number of nitrogens with zero attached hydrogens (tertiary/aromatic N) is 1. The van der Waals surface area contributed by atoms with E-state index in [1.54, 1.807) is 13.0 Å². The number of benzene rings is 1. The number of aryl methyl sites for hydroxylation is 1. The summed E-state index contributed by atoms with van der Waals surface area (Å²) in [5.74, 6) is 0.0829. The second-order valence-corrected chi connectivity index (χ2v) is 6.48. The van der Waals surface area contributed by atoms with Crippen LogP contribution in [0.25, 0.3) is 0 Å². The van der Waals surface area contributed by atoms with Crippen LogP contribution in [0.5, 0.6) is 0 Å². The lowest BCUT2D eigenvalue weighted by molar-refractivity contribution is -0.144. The molecule has 1 N–H and O–H groups in total. The van der Waals surface area contributed by atoms with E-state index in [1.165, 1.54) is 12.5 Å². The molecule has 2 aliphatic heterocycles. The van der Waals surface area contributed by atoms with Crippen molar-refractivity contribution in [1.29, 1.82) is 0 Å². The van der Waals surface area contributed by atoms with Gasteiger partial charge >= 0.3 is 0 Å². The van der Waals surface area contributed by atoms with Gasteiger partial charge in [0.2, 0.25) is 0 Å². The van der Waals surface area contributed by atoms with Crippen LogP contribution in [-0.4, -0.2) is 34.1 Å². The first kappa shape index (κ1) is 14.5. The monoisotopic (exact) mass is 291 g/mol. The SMILES string of the molecule is Cc1cc(C2C[C@H]3CC[C@@H](C2)N3C(=O)[C@H](C)O)ccc1F. The van der Waals surface area contributed by atoms with Crippen LogP contribution in [0.3, 0.4) is 0 Å². The first-order chi connectivity index (χ1) is 9.97. The number of hydrogen-bond donors (Lipinski definition) is 1. The fourth-order valence-corrected chi connectivity index (χ4v) is 3.95. The van der Waals surface area contributed by atoms with Gasteiger partial charge in [0.15, 0.2) is 0 Å². The van der Waals surface area contributed by atoms with Gasteiger partial charge in [0, 0.05) is 12.1 Å². The number of aliphatic hydroxyl groups is 1. The van der Waals surface area contributed by atoms with Crippen molar-refractivity contribution in [3.8, 4) is 0 Å².